The standard InChI is InChI=1S/C27H35N5O5/c1-18(2)24-27(36)29-15-7-17-37-22-10-4-3-9-20(22)25(34)31-21(11-12-23(33)32-24)26(35)30-16-13-19-8-5-6-14-28-19/h3-6,8-10,14,18,21,24H,7,11-13,15-17H2,1-2H3,(H,29,36)(H,30,35)(H,31,34)(H,32,33)/t21-,24?/m0/s1. The number of hydrogen-bond acceptors (Lipinski definition) is 6. The van der Waals surface area contributed by atoms with Crippen molar-refractivity contribution in [2.24, 2.45) is 5.92 Å². The maximum Gasteiger partial charge on any atom is 0.255 e. The van der Waals surface area contributed by atoms with Gasteiger partial charge in [0.2, 0.25) is 17.7 Å². The third-order valence-electron chi connectivity index (χ3n) is 5.96. The highest BCUT2D eigenvalue weighted by atomic mass is 16.5. The molecule has 4 amide bonds. The van der Waals surface area contributed by atoms with E-state index in [-0.39, 0.29) is 42.7 Å². The zero-order valence-electron chi connectivity index (χ0n) is 21.3. The number of rotatable bonds is 5. The van der Waals surface area contributed by atoms with Crippen LogP contribution in [0.25, 0.3) is 0 Å². The van der Waals surface area contributed by atoms with Crippen LogP contribution in [0.5, 0.6) is 5.75 Å². The normalized spacial score (nSPS) is 19.6. The number of para-hydroxylation sites is 1. The van der Waals surface area contributed by atoms with Crippen LogP contribution in [0, 0.1) is 5.92 Å². The Morgan fingerprint density at radius 2 is 1.89 bits per heavy atom. The fourth-order valence-electron chi connectivity index (χ4n) is 3.90. The number of fused-ring (bicyclic) bond motifs is 1. The molecule has 4 N–H and O–H groups in total. The highest BCUT2D eigenvalue weighted by Gasteiger charge is 2.27. The molecule has 1 aromatic heterocycles. The van der Waals surface area contributed by atoms with Gasteiger partial charge in [-0.05, 0) is 43.0 Å². The quantitative estimate of drug-likeness (QED) is 0.480. The van der Waals surface area contributed by atoms with Gasteiger partial charge in [0.1, 0.15) is 17.8 Å². The Balaban J connectivity index is 1.76. The van der Waals surface area contributed by atoms with Crippen LogP contribution in [0.3, 0.4) is 0 Å². The van der Waals surface area contributed by atoms with Gasteiger partial charge < -0.3 is 26.0 Å². The van der Waals surface area contributed by atoms with Gasteiger partial charge in [-0.1, -0.05) is 32.0 Å². The van der Waals surface area contributed by atoms with Crippen molar-refractivity contribution in [1.29, 1.82) is 0 Å². The summed E-state index contributed by atoms with van der Waals surface area (Å²) in [6.45, 7) is 4.67. The molecule has 3 rings (SSSR count). The van der Waals surface area contributed by atoms with E-state index in [1.54, 1.807) is 30.5 Å². The lowest BCUT2D eigenvalue weighted by molar-refractivity contribution is -0.130. The fraction of sp³-hybridized carbons (Fsp3) is 0.444. The molecule has 2 atom stereocenters. The molecule has 2 heterocycles. The molecule has 37 heavy (non-hydrogen) atoms. The molecule has 10 heteroatoms. The molecule has 1 aliphatic heterocycles. The summed E-state index contributed by atoms with van der Waals surface area (Å²) in [5, 5.41) is 11.2. The summed E-state index contributed by atoms with van der Waals surface area (Å²) in [6.07, 6.45) is 2.73. The van der Waals surface area contributed by atoms with Gasteiger partial charge in [-0.15, -0.1) is 0 Å². The number of carbonyl (C=O) groups excluding carboxylic acids is 4. The summed E-state index contributed by atoms with van der Waals surface area (Å²) >= 11 is 0. The van der Waals surface area contributed by atoms with E-state index in [0.717, 1.165) is 5.69 Å². The van der Waals surface area contributed by atoms with Crippen LogP contribution in [0.1, 0.15) is 49.2 Å². The molecule has 0 bridgehead atoms. The number of pyridine rings is 1. The molecule has 1 unspecified atom stereocenters. The monoisotopic (exact) mass is 509 g/mol. The number of aromatic nitrogens is 1. The second-order valence-electron chi connectivity index (χ2n) is 9.21. The third kappa shape index (κ3) is 8.59. The zero-order chi connectivity index (χ0) is 26.6. The average molecular weight is 510 g/mol. The van der Waals surface area contributed by atoms with Gasteiger partial charge in [-0.2, -0.15) is 0 Å². The molecule has 0 saturated carbocycles. The summed E-state index contributed by atoms with van der Waals surface area (Å²) < 4.78 is 5.81. The second-order valence-corrected chi connectivity index (χ2v) is 9.21. The van der Waals surface area contributed by atoms with Crippen LogP contribution in [-0.2, 0) is 20.8 Å². The molecule has 10 nitrogen and oxygen atoms in total. The number of amides is 4. The van der Waals surface area contributed by atoms with Crippen LogP contribution in [0.2, 0.25) is 0 Å². The third-order valence-corrected chi connectivity index (χ3v) is 5.96. The molecule has 0 saturated heterocycles. The first kappa shape index (κ1) is 27.6. The number of nitrogens with zero attached hydrogens (tertiary/aromatic N) is 1. The minimum Gasteiger partial charge on any atom is -0.493 e. The van der Waals surface area contributed by atoms with E-state index in [4.69, 9.17) is 4.74 Å². The SMILES string of the molecule is CC(C)C1NC(=O)CC[C@@H](C(=O)NCCc2ccccn2)NC(=O)c2ccccc2OCCCNC1=O. The minimum absolute atomic E-state index is 0.0484. The van der Waals surface area contributed by atoms with E-state index >= 15 is 0 Å². The lowest BCUT2D eigenvalue weighted by Crippen LogP contribution is -2.51. The fourth-order valence-corrected chi connectivity index (χ4v) is 3.90. The first-order chi connectivity index (χ1) is 17.8. The topological polar surface area (TPSA) is 139 Å². The lowest BCUT2D eigenvalue weighted by Gasteiger charge is -2.23. The predicted octanol–water partition coefficient (Wildman–Crippen LogP) is 1.36. The van der Waals surface area contributed by atoms with Gasteiger partial charge in [0, 0.05) is 37.8 Å². The zero-order valence-corrected chi connectivity index (χ0v) is 21.3. The Kier molecular flexibility index (Phi) is 10.4. The number of nitrogens with one attached hydrogen (secondary N) is 4. The molecule has 0 aliphatic carbocycles. The molecular weight excluding hydrogens is 474 g/mol. The van der Waals surface area contributed by atoms with Gasteiger partial charge in [-0.25, -0.2) is 0 Å². The van der Waals surface area contributed by atoms with Crippen molar-refractivity contribution in [2.45, 2.75) is 51.6 Å². The summed E-state index contributed by atoms with van der Waals surface area (Å²) in [7, 11) is 0. The summed E-state index contributed by atoms with van der Waals surface area (Å²) in [5.41, 5.74) is 1.11. The molecule has 1 aromatic carbocycles. The molecular formula is C27H35N5O5. The predicted molar refractivity (Wildman–Crippen MR) is 138 cm³/mol. The molecule has 2 aromatic rings. The van der Waals surface area contributed by atoms with E-state index in [1.807, 2.05) is 32.0 Å². The molecule has 1 aliphatic rings. The number of ether oxygens (including phenoxy) is 1. The van der Waals surface area contributed by atoms with E-state index < -0.39 is 23.9 Å². The van der Waals surface area contributed by atoms with E-state index in [2.05, 4.69) is 26.3 Å². The van der Waals surface area contributed by atoms with Crippen molar-refractivity contribution in [3.8, 4) is 5.75 Å². The van der Waals surface area contributed by atoms with Crippen molar-refractivity contribution in [3.63, 3.8) is 0 Å². The summed E-state index contributed by atoms with van der Waals surface area (Å²) in [6, 6.07) is 10.6. The van der Waals surface area contributed by atoms with Crippen molar-refractivity contribution in [3.05, 3.63) is 59.9 Å². The van der Waals surface area contributed by atoms with Crippen LogP contribution in [-0.4, -0.2) is 60.4 Å². The summed E-state index contributed by atoms with van der Waals surface area (Å²) in [4.78, 5) is 55.8. The van der Waals surface area contributed by atoms with Crippen molar-refractivity contribution in [1.82, 2.24) is 26.3 Å². The van der Waals surface area contributed by atoms with Gasteiger partial charge in [0.25, 0.3) is 5.91 Å². The van der Waals surface area contributed by atoms with E-state index in [9.17, 15) is 19.2 Å². The lowest BCUT2D eigenvalue weighted by atomic mass is 10.0. The second kappa shape index (κ2) is 14.0. The minimum atomic E-state index is -0.964. The largest absolute Gasteiger partial charge is 0.493 e. The first-order valence-corrected chi connectivity index (χ1v) is 12.6. The van der Waals surface area contributed by atoms with Gasteiger partial charge in [0.05, 0.1) is 12.2 Å². The Labute approximate surface area is 217 Å². The van der Waals surface area contributed by atoms with Crippen LogP contribution < -0.4 is 26.0 Å². The van der Waals surface area contributed by atoms with Crippen LogP contribution >= 0.6 is 0 Å². The van der Waals surface area contributed by atoms with E-state index in [0.29, 0.717) is 31.7 Å². The van der Waals surface area contributed by atoms with Crippen molar-refractivity contribution < 1.29 is 23.9 Å². The number of carbonyl (C=O) groups is 4. The molecule has 0 spiro atoms. The number of hydrogen-bond donors (Lipinski definition) is 4. The maximum atomic E-state index is 13.1. The first-order valence-electron chi connectivity index (χ1n) is 12.6. The maximum absolute atomic E-state index is 13.1. The Bertz CT molecular complexity index is 1080. The van der Waals surface area contributed by atoms with Gasteiger partial charge in [0.15, 0.2) is 0 Å². The van der Waals surface area contributed by atoms with Crippen LogP contribution in [0.4, 0.5) is 0 Å². The van der Waals surface area contributed by atoms with Crippen molar-refractivity contribution in [2.75, 3.05) is 19.7 Å². The smallest absolute Gasteiger partial charge is 0.255 e. The Hall–Kier alpha value is -3.95. The average Bonchev–Trinajstić information content (AvgIpc) is 2.89. The molecule has 198 valence electrons. The Morgan fingerprint density at radius 1 is 1.11 bits per heavy atom. The summed E-state index contributed by atoms with van der Waals surface area (Å²) in [5.74, 6) is -1.27. The Morgan fingerprint density at radius 3 is 2.65 bits per heavy atom. The van der Waals surface area contributed by atoms with Gasteiger partial charge in [-0.3, -0.25) is 24.2 Å². The van der Waals surface area contributed by atoms with Crippen molar-refractivity contribution >= 4 is 23.6 Å². The number of benzene rings is 1. The molecule has 0 radical (unpaired) electrons. The van der Waals surface area contributed by atoms with Crippen LogP contribution in [0.15, 0.2) is 48.7 Å². The van der Waals surface area contributed by atoms with Gasteiger partial charge >= 0.3 is 0 Å². The highest BCUT2D eigenvalue weighted by Crippen LogP contribution is 2.19. The molecule has 0 fully saturated rings. The highest BCUT2D eigenvalue weighted by molar-refractivity contribution is 5.99. The van der Waals surface area contributed by atoms with E-state index in [1.165, 1.54) is 0 Å².